The van der Waals surface area contributed by atoms with Gasteiger partial charge in [0.25, 0.3) is 0 Å². The fourth-order valence-electron chi connectivity index (χ4n) is 3.78. The molecule has 5 heteroatoms. The summed E-state index contributed by atoms with van der Waals surface area (Å²) in [5.74, 6) is 0.546. The molecule has 1 saturated heterocycles. The Balaban J connectivity index is 1.91. The summed E-state index contributed by atoms with van der Waals surface area (Å²) in [5.41, 5.74) is -1.11. The number of amides is 1. The number of nitrogens with zero attached hydrogens (tertiary/aromatic N) is 1. The van der Waals surface area contributed by atoms with Crippen molar-refractivity contribution in [2.24, 2.45) is 5.92 Å². The first-order chi connectivity index (χ1) is 10.6. The molecule has 2 N–H and O–H groups in total. The van der Waals surface area contributed by atoms with Crippen molar-refractivity contribution in [3.8, 4) is 0 Å². The zero-order valence-corrected chi connectivity index (χ0v) is 15.4. The van der Waals surface area contributed by atoms with E-state index in [0.717, 1.165) is 32.2 Å². The minimum Gasteiger partial charge on any atom is -0.444 e. The average molecular weight is 326 g/mol. The Kier molecular flexibility index (Phi) is 5.62. The summed E-state index contributed by atoms with van der Waals surface area (Å²) in [6.45, 7) is 10.9. The largest absolute Gasteiger partial charge is 0.444 e. The fourth-order valence-corrected chi connectivity index (χ4v) is 3.78. The second-order valence-electron chi connectivity index (χ2n) is 8.85. The van der Waals surface area contributed by atoms with Gasteiger partial charge in [0.2, 0.25) is 0 Å². The molecule has 1 amide bonds. The number of likely N-dealkylation sites (tertiary alicyclic amines) is 1. The number of fused-ring (bicyclic) bond motifs is 1. The van der Waals surface area contributed by atoms with Gasteiger partial charge in [0, 0.05) is 25.2 Å². The third-order valence-electron chi connectivity index (χ3n) is 4.77. The van der Waals surface area contributed by atoms with Crippen LogP contribution in [0, 0.1) is 5.92 Å². The molecule has 1 heterocycles. The second-order valence-corrected chi connectivity index (χ2v) is 8.85. The van der Waals surface area contributed by atoms with Crippen LogP contribution < -0.4 is 5.32 Å². The lowest BCUT2D eigenvalue weighted by atomic mass is 9.76. The quantitative estimate of drug-likeness (QED) is 0.837. The minimum absolute atomic E-state index is 0.157. The van der Waals surface area contributed by atoms with Crippen LogP contribution in [0.25, 0.3) is 0 Å². The standard InChI is InChI=1S/C18H34N2O3/c1-17(2,3)23-16(21)20-10-6-7-13-11-14(8-9-15(13)20)19-12-18(4,5)22/h13-15,19,22H,6-12H2,1-5H3/t13-,14+,15+/m0/s1. The molecule has 23 heavy (non-hydrogen) atoms. The van der Waals surface area contributed by atoms with E-state index in [1.54, 1.807) is 0 Å². The Morgan fingerprint density at radius 2 is 1.91 bits per heavy atom. The van der Waals surface area contributed by atoms with E-state index in [0.29, 0.717) is 24.5 Å². The summed E-state index contributed by atoms with van der Waals surface area (Å²) in [5, 5.41) is 13.4. The van der Waals surface area contributed by atoms with Crippen molar-refractivity contribution < 1.29 is 14.6 Å². The van der Waals surface area contributed by atoms with Crippen LogP contribution in [0.3, 0.4) is 0 Å². The zero-order valence-electron chi connectivity index (χ0n) is 15.4. The highest BCUT2D eigenvalue weighted by Crippen LogP contribution is 2.36. The van der Waals surface area contributed by atoms with Gasteiger partial charge in [-0.05, 0) is 72.6 Å². The number of aliphatic hydroxyl groups is 1. The van der Waals surface area contributed by atoms with Crippen molar-refractivity contribution in [3.63, 3.8) is 0 Å². The lowest BCUT2D eigenvalue weighted by molar-refractivity contribution is -0.0110. The first-order valence-electron chi connectivity index (χ1n) is 9.00. The first kappa shape index (κ1) is 18.5. The third kappa shape index (κ3) is 5.64. The van der Waals surface area contributed by atoms with Gasteiger partial charge in [-0.1, -0.05) is 0 Å². The normalized spacial score (nSPS) is 29.1. The summed E-state index contributed by atoms with van der Waals surface area (Å²) in [4.78, 5) is 14.4. The summed E-state index contributed by atoms with van der Waals surface area (Å²) < 4.78 is 5.58. The lowest BCUT2D eigenvalue weighted by Crippen LogP contribution is -2.54. The fraction of sp³-hybridized carbons (Fsp3) is 0.944. The number of carbonyl (C=O) groups excluding carboxylic acids is 1. The van der Waals surface area contributed by atoms with Crippen molar-refractivity contribution in [1.29, 1.82) is 0 Å². The van der Waals surface area contributed by atoms with Gasteiger partial charge in [0.1, 0.15) is 5.60 Å². The molecule has 1 saturated carbocycles. The van der Waals surface area contributed by atoms with Crippen LogP contribution in [0.1, 0.15) is 66.7 Å². The highest BCUT2D eigenvalue weighted by atomic mass is 16.6. The van der Waals surface area contributed by atoms with E-state index in [9.17, 15) is 9.90 Å². The van der Waals surface area contributed by atoms with E-state index in [1.165, 1.54) is 6.42 Å². The molecule has 0 aromatic rings. The van der Waals surface area contributed by atoms with Crippen LogP contribution in [-0.2, 0) is 4.74 Å². The van der Waals surface area contributed by atoms with Crippen molar-refractivity contribution in [2.75, 3.05) is 13.1 Å². The van der Waals surface area contributed by atoms with E-state index < -0.39 is 11.2 Å². The van der Waals surface area contributed by atoms with E-state index in [1.807, 2.05) is 39.5 Å². The molecule has 1 aliphatic carbocycles. The second kappa shape index (κ2) is 6.98. The highest BCUT2D eigenvalue weighted by Gasteiger charge is 2.40. The third-order valence-corrected chi connectivity index (χ3v) is 4.77. The van der Waals surface area contributed by atoms with Crippen LogP contribution in [0.4, 0.5) is 4.79 Å². The van der Waals surface area contributed by atoms with E-state index in [2.05, 4.69) is 5.32 Å². The number of hydrogen-bond donors (Lipinski definition) is 2. The monoisotopic (exact) mass is 326 g/mol. The van der Waals surface area contributed by atoms with Gasteiger partial charge in [-0.15, -0.1) is 0 Å². The molecule has 0 spiro atoms. The Labute approximate surface area is 140 Å². The molecule has 0 aromatic heterocycles. The number of nitrogens with one attached hydrogen (secondary N) is 1. The number of carbonyl (C=O) groups is 1. The molecule has 1 aliphatic heterocycles. The molecule has 0 unspecified atom stereocenters. The number of piperidine rings is 1. The Morgan fingerprint density at radius 1 is 1.22 bits per heavy atom. The van der Waals surface area contributed by atoms with Crippen molar-refractivity contribution in [2.45, 2.75) is 90.0 Å². The maximum absolute atomic E-state index is 12.5. The number of rotatable bonds is 3. The smallest absolute Gasteiger partial charge is 0.410 e. The maximum Gasteiger partial charge on any atom is 0.410 e. The van der Waals surface area contributed by atoms with Crippen LogP contribution >= 0.6 is 0 Å². The molecule has 134 valence electrons. The molecule has 0 bridgehead atoms. The van der Waals surface area contributed by atoms with Gasteiger partial charge in [-0.25, -0.2) is 4.79 Å². The van der Waals surface area contributed by atoms with E-state index in [4.69, 9.17) is 4.74 Å². The average Bonchev–Trinajstić information content (AvgIpc) is 2.41. The van der Waals surface area contributed by atoms with Crippen LogP contribution in [0.2, 0.25) is 0 Å². The molecule has 0 aromatic carbocycles. The van der Waals surface area contributed by atoms with Gasteiger partial charge >= 0.3 is 6.09 Å². The Hall–Kier alpha value is -0.810. The molecular formula is C18H34N2O3. The van der Waals surface area contributed by atoms with E-state index >= 15 is 0 Å². The predicted molar refractivity (Wildman–Crippen MR) is 91.4 cm³/mol. The molecule has 2 rings (SSSR count). The maximum atomic E-state index is 12.5. The summed E-state index contributed by atoms with van der Waals surface area (Å²) in [7, 11) is 0. The summed E-state index contributed by atoms with van der Waals surface area (Å²) in [6, 6.07) is 0.764. The van der Waals surface area contributed by atoms with E-state index in [-0.39, 0.29) is 6.09 Å². The van der Waals surface area contributed by atoms with Gasteiger partial charge in [-0.3, -0.25) is 0 Å². The van der Waals surface area contributed by atoms with Gasteiger partial charge in [0.15, 0.2) is 0 Å². The van der Waals surface area contributed by atoms with Crippen LogP contribution in [0.5, 0.6) is 0 Å². The Bertz CT molecular complexity index is 411. The highest BCUT2D eigenvalue weighted by molar-refractivity contribution is 5.68. The molecule has 3 atom stereocenters. The summed E-state index contributed by atoms with van der Waals surface area (Å²) >= 11 is 0. The number of hydrogen-bond acceptors (Lipinski definition) is 4. The molecule has 2 fully saturated rings. The predicted octanol–water partition coefficient (Wildman–Crippen LogP) is 2.92. The zero-order chi connectivity index (χ0) is 17.3. The van der Waals surface area contributed by atoms with Crippen molar-refractivity contribution >= 4 is 6.09 Å². The van der Waals surface area contributed by atoms with Gasteiger partial charge in [-0.2, -0.15) is 0 Å². The van der Waals surface area contributed by atoms with Gasteiger partial charge < -0.3 is 20.1 Å². The molecule has 2 aliphatic rings. The molecule has 5 nitrogen and oxygen atoms in total. The topological polar surface area (TPSA) is 61.8 Å². The van der Waals surface area contributed by atoms with Crippen molar-refractivity contribution in [3.05, 3.63) is 0 Å². The van der Waals surface area contributed by atoms with Crippen LogP contribution in [-0.4, -0.2) is 52.5 Å². The molecule has 0 radical (unpaired) electrons. The SMILES string of the molecule is CC(C)(O)CN[C@@H]1CC[C@@H]2[C@@H](CCCN2C(=O)OC(C)(C)C)C1. The summed E-state index contributed by atoms with van der Waals surface area (Å²) in [6.07, 6.45) is 5.24. The Morgan fingerprint density at radius 3 is 2.52 bits per heavy atom. The lowest BCUT2D eigenvalue weighted by Gasteiger charge is -2.46. The van der Waals surface area contributed by atoms with Crippen LogP contribution in [0.15, 0.2) is 0 Å². The number of ether oxygens (including phenoxy) is 1. The first-order valence-corrected chi connectivity index (χ1v) is 9.00. The van der Waals surface area contributed by atoms with Gasteiger partial charge in [0.05, 0.1) is 5.60 Å². The minimum atomic E-state index is -0.675. The molecular weight excluding hydrogens is 292 g/mol. The van der Waals surface area contributed by atoms with Crippen molar-refractivity contribution in [1.82, 2.24) is 10.2 Å².